The molecule has 2 N–H and O–H groups in total. The number of carboxylic acids is 1. The van der Waals surface area contributed by atoms with Gasteiger partial charge < -0.3 is 29.8 Å². The summed E-state index contributed by atoms with van der Waals surface area (Å²) in [6.45, 7) is -0.0549. The van der Waals surface area contributed by atoms with E-state index in [4.69, 9.17) is 21.1 Å². The topological polar surface area (TPSA) is 104 Å². The quantitative estimate of drug-likeness (QED) is 0.248. The standard InChI is InChI=1S/C29H26BrClN2O5/c30-28-21(9-4-10-23(28)20-7-2-1-3-8-20)18-38-27-13-26(37-17-19-6-5-11-32-14-19)22(12-24(27)31)15-33-25(16-34)29(35)36/h1-14,25,33-34H,15-18H2,(H,35,36)/p-1/t25-/m0/s1. The average Bonchev–Trinajstić information content (AvgIpc) is 2.93. The van der Waals surface area contributed by atoms with E-state index in [2.05, 4.69) is 26.2 Å². The number of benzene rings is 3. The Labute approximate surface area is 234 Å². The van der Waals surface area contributed by atoms with Crippen molar-refractivity contribution < 1.29 is 24.5 Å². The van der Waals surface area contributed by atoms with E-state index in [0.29, 0.717) is 22.1 Å². The van der Waals surface area contributed by atoms with Gasteiger partial charge in [0.05, 0.1) is 23.6 Å². The Morgan fingerprint density at radius 3 is 2.50 bits per heavy atom. The van der Waals surface area contributed by atoms with Crippen molar-refractivity contribution in [1.82, 2.24) is 10.3 Å². The highest BCUT2D eigenvalue weighted by Crippen LogP contribution is 2.36. The summed E-state index contributed by atoms with van der Waals surface area (Å²) in [4.78, 5) is 15.3. The molecule has 0 aliphatic rings. The number of halogens is 2. The minimum Gasteiger partial charge on any atom is -0.548 e. The number of ether oxygens (including phenoxy) is 2. The lowest BCUT2D eigenvalue weighted by Gasteiger charge is -2.20. The second-order valence-corrected chi connectivity index (χ2v) is 9.61. The van der Waals surface area contributed by atoms with Crippen molar-refractivity contribution in [3.8, 4) is 22.6 Å². The number of carbonyl (C=O) groups is 1. The average molecular weight is 597 g/mol. The number of pyridine rings is 1. The number of hydrogen-bond donors (Lipinski definition) is 2. The molecule has 0 bridgehead atoms. The summed E-state index contributed by atoms with van der Waals surface area (Å²) in [5.41, 5.74) is 4.52. The number of carboxylic acid groups (broad SMARTS) is 1. The van der Waals surface area contributed by atoms with Crippen LogP contribution in [0.1, 0.15) is 16.7 Å². The third-order valence-electron chi connectivity index (χ3n) is 5.78. The number of rotatable bonds is 12. The van der Waals surface area contributed by atoms with E-state index in [1.807, 2.05) is 60.7 Å². The van der Waals surface area contributed by atoms with Crippen LogP contribution in [-0.4, -0.2) is 28.7 Å². The van der Waals surface area contributed by atoms with Gasteiger partial charge in [0.15, 0.2) is 0 Å². The minimum atomic E-state index is -1.40. The van der Waals surface area contributed by atoms with Gasteiger partial charge in [-0.05, 0) is 39.2 Å². The minimum absolute atomic E-state index is 0.0756. The van der Waals surface area contributed by atoms with E-state index in [9.17, 15) is 15.0 Å². The molecule has 0 radical (unpaired) electrons. The molecule has 0 amide bonds. The molecular formula is C29H25BrClN2O5-. The van der Waals surface area contributed by atoms with Crippen LogP contribution in [0.4, 0.5) is 0 Å². The van der Waals surface area contributed by atoms with Crippen molar-refractivity contribution in [3.63, 3.8) is 0 Å². The third-order valence-corrected chi connectivity index (χ3v) is 7.02. The van der Waals surface area contributed by atoms with Gasteiger partial charge in [-0.3, -0.25) is 4.98 Å². The maximum Gasteiger partial charge on any atom is 0.142 e. The first kappa shape index (κ1) is 27.6. The number of aromatic nitrogens is 1. The van der Waals surface area contributed by atoms with Crippen LogP contribution in [0, 0.1) is 0 Å². The lowest BCUT2D eigenvalue weighted by molar-refractivity contribution is -0.309. The second-order valence-electron chi connectivity index (χ2n) is 8.41. The van der Waals surface area contributed by atoms with Crippen molar-refractivity contribution in [2.45, 2.75) is 25.8 Å². The molecule has 0 aliphatic carbocycles. The Balaban J connectivity index is 1.56. The number of aliphatic hydroxyl groups excluding tert-OH is 1. The zero-order valence-electron chi connectivity index (χ0n) is 20.3. The fourth-order valence-electron chi connectivity index (χ4n) is 3.75. The Morgan fingerprint density at radius 1 is 1.00 bits per heavy atom. The largest absolute Gasteiger partial charge is 0.548 e. The van der Waals surface area contributed by atoms with Gasteiger partial charge in [-0.15, -0.1) is 0 Å². The Kier molecular flexibility index (Phi) is 9.73. The molecule has 9 heteroatoms. The van der Waals surface area contributed by atoms with Crippen LogP contribution in [0.2, 0.25) is 5.02 Å². The van der Waals surface area contributed by atoms with E-state index in [-0.39, 0.29) is 19.8 Å². The molecular weight excluding hydrogens is 572 g/mol. The Morgan fingerprint density at radius 2 is 1.79 bits per heavy atom. The number of hydrogen-bond acceptors (Lipinski definition) is 7. The summed E-state index contributed by atoms with van der Waals surface area (Å²) in [7, 11) is 0. The van der Waals surface area contributed by atoms with Gasteiger partial charge in [-0.25, -0.2) is 0 Å². The van der Waals surface area contributed by atoms with Gasteiger partial charge in [0.25, 0.3) is 0 Å². The molecule has 38 heavy (non-hydrogen) atoms. The second kappa shape index (κ2) is 13.4. The zero-order chi connectivity index (χ0) is 26.9. The van der Waals surface area contributed by atoms with Crippen molar-refractivity contribution in [2.75, 3.05) is 6.61 Å². The highest BCUT2D eigenvalue weighted by Gasteiger charge is 2.16. The number of nitrogens with zero attached hydrogens (tertiary/aromatic N) is 1. The summed E-state index contributed by atoms with van der Waals surface area (Å²) in [5.74, 6) is -0.542. The molecule has 3 aromatic carbocycles. The van der Waals surface area contributed by atoms with Gasteiger partial charge in [-0.1, -0.05) is 66.2 Å². The zero-order valence-corrected chi connectivity index (χ0v) is 22.6. The smallest absolute Gasteiger partial charge is 0.142 e. The van der Waals surface area contributed by atoms with Crippen LogP contribution in [0.15, 0.2) is 89.7 Å². The number of nitrogens with one attached hydrogen (secondary N) is 1. The van der Waals surface area contributed by atoms with E-state index < -0.39 is 18.6 Å². The van der Waals surface area contributed by atoms with Crippen molar-refractivity contribution in [1.29, 1.82) is 0 Å². The highest BCUT2D eigenvalue weighted by atomic mass is 79.9. The number of aliphatic hydroxyl groups is 1. The van der Waals surface area contributed by atoms with Gasteiger partial charge in [0.2, 0.25) is 0 Å². The molecule has 1 heterocycles. The Bertz CT molecular complexity index is 1370. The molecule has 0 spiro atoms. The SMILES string of the molecule is O=C([O-])[C@H](CO)NCc1cc(Cl)c(OCc2cccc(-c3ccccc3)c2Br)cc1OCc1cccnc1. The summed E-state index contributed by atoms with van der Waals surface area (Å²) in [5, 5.41) is 23.6. The van der Waals surface area contributed by atoms with E-state index in [1.165, 1.54) is 0 Å². The van der Waals surface area contributed by atoms with Gasteiger partial charge in [0, 0.05) is 46.2 Å². The van der Waals surface area contributed by atoms with Crippen LogP contribution in [-0.2, 0) is 24.6 Å². The van der Waals surface area contributed by atoms with E-state index >= 15 is 0 Å². The maximum atomic E-state index is 11.2. The molecule has 0 saturated heterocycles. The van der Waals surface area contributed by atoms with Gasteiger partial charge in [-0.2, -0.15) is 0 Å². The molecule has 0 fully saturated rings. The number of aliphatic carboxylic acids is 1. The van der Waals surface area contributed by atoms with Crippen molar-refractivity contribution >= 4 is 33.5 Å². The van der Waals surface area contributed by atoms with Crippen LogP contribution in [0.5, 0.6) is 11.5 Å². The molecule has 7 nitrogen and oxygen atoms in total. The first-order valence-corrected chi connectivity index (χ1v) is 13.0. The molecule has 0 aliphatic heterocycles. The Hall–Kier alpha value is -3.43. The molecule has 196 valence electrons. The predicted molar refractivity (Wildman–Crippen MR) is 147 cm³/mol. The molecule has 1 aromatic heterocycles. The lowest BCUT2D eigenvalue weighted by Crippen LogP contribution is -2.47. The summed E-state index contributed by atoms with van der Waals surface area (Å²) in [6.07, 6.45) is 3.37. The summed E-state index contributed by atoms with van der Waals surface area (Å²) >= 11 is 10.3. The van der Waals surface area contributed by atoms with Crippen LogP contribution in [0.25, 0.3) is 11.1 Å². The van der Waals surface area contributed by atoms with Gasteiger partial charge in [0.1, 0.15) is 24.7 Å². The first-order valence-electron chi connectivity index (χ1n) is 11.8. The van der Waals surface area contributed by atoms with Gasteiger partial charge >= 0.3 is 0 Å². The third kappa shape index (κ3) is 7.11. The predicted octanol–water partition coefficient (Wildman–Crippen LogP) is 4.52. The highest BCUT2D eigenvalue weighted by molar-refractivity contribution is 9.10. The van der Waals surface area contributed by atoms with E-state index in [1.54, 1.807) is 24.5 Å². The molecule has 0 unspecified atom stereocenters. The maximum absolute atomic E-state index is 11.2. The number of carbonyl (C=O) groups excluding carboxylic acids is 1. The van der Waals surface area contributed by atoms with Crippen molar-refractivity contribution in [3.05, 3.63) is 111 Å². The van der Waals surface area contributed by atoms with Crippen LogP contribution in [0.3, 0.4) is 0 Å². The molecule has 4 aromatic rings. The normalized spacial score (nSPS) is 11.7. The van der Waals surface area contributed by atoms with Crippen LogP contribution < -0.4 is 19.9 Å². The summed E-state index contributed by atoms with van der Waals surface area (Å²) < 4.78 is 13.1. The summed E-state index contributed by atoms with van der Waals surface area (Å²) in [6, 6.07) is 21.8. The van der Waals surface area contributed by atoms with E-state index in [0.717, 1.165) is 26.7 Å². The molecule has 0 saturated carbocycles. The first-order chi connectivity index (χ1) is 18.5. The fourth-order valence-corrected chi connectivity index (χ4v) is 4.60. The lowest BCUT2D eigenvalue weighted by atomic mass is 10.0. The van der Waals surface area contributed by atoms with Crippen LogP contribution >= 0.6 is 27.5 Å². The molecule has 1 atom stereocenters. The fraction of sp³-hybridized carbons (Fsp3) is 0.172. The monoisotopic (exact) mass is 595 g/mol. The van der Waals surface area contributed by atoms with Crippen molar-refractivity contribution in [2.24, 2.45) is 0 Å². The molecule has 4 rings (SSSR count).